The van der Waals surface area contributed by atoms with E-state index < -0.39 is 28.6 Å². The van der Waals surface area contributed by atoms with Crippen molar-refractivity contribution >= 4 is 65.4 Å². The first-order valence-electron chi connectivity index (χ1n) is 19.4. The molecule has 4 unspecified atom stereocenters. The molecule has 56 heavy (non-hydrogen) atoms. The van der Waals surface area contributed by atoms with Gasteiger partial charge in [-0.1, -0.05) is 0 Å². The van der Waals surface area contributed by atoms with Gasteiger partial charge in [0.15, 0.2) is 0 Å². The molecule has 282 valence electrons. The Morgan fingerprint density at radius 1 is 0.518 bits per heavy atom. The van der Waals surface area contributed by atoms with E-state index in [0.717, 1.165) is 12.8 Å². The summed E-state index contributed by atoms with van der Waals surface area (Å²) in [6.45, 7) is 7.06. The summed E-state index contributed by atoms with van der Waals surface area (Å²) in [6.07, 6.45) is 15.2. The van der Waals surface area contributed by atoms with Crippen LogP contribution in [-0.4, -0.2) is 18.1 Å². The van der Waals surface area contributed by atoms with Gasteiger partial charge in [0.25, 0.3) is 0 Å². The third kappa shape index (κ3) is 5.81. The van der Waals surface area contributed by atoms with E-state index in [0.29, 0.717) is 0 Å². The van der Waals surface area contributed by atoms with Crippen LogP contribution in [-0.2, 0) is 26.9 Å². The van der Waals surface area contributed by atoms with Crippen molar-refractivity contribution in [3.05, 3.63) is 179 Å². The minimum absolute atomic E-state index is 0. The van der Waals surface area contributed by atoms with Crippen LogP contribution in [0.3, 0.4) is 0 Å². The van der Waals surface area contributed by atoms with Crippen molar-refractivity contribution in [1.82, 2.24) is 0 Å². The molecule has 0 bridgehead atoms. The van der Waals surface area contributed by atoms with Crippen molar-refractivity contribution in [2.75, 3.05) is 0 Å². The zero-order valence-electron chi connectivity index (χ0n) is 32.4. The smallest absolute Gasteiger partial charge is 0.147 e. The van der Waals surface area contributed by atoms with Crippen molar-refractivity contribution in [2.45, 2.75) is 54.4 Å². The van der Waals surface area contributed by atoms with E-state index >= 15 is 0 Å². The molecule has 10 rings (SSSR count). The van der Waals surface area contributed by atoms with Crippen LogP contribution in [0, 0.1) is 0 Å². The second-order valence-corrected chi connectivity index (χ2v) is 48.0. The number of fused-ring (bicyclic) bond motifs is 4. The van der Waals surface area contributed by atoms with Gasteiger partial charge in [-0.05, 0) is 0 Å². The maximum atomic E-state index is 6.68. The van der Waals surface area contributed by atoms with E-state index in [9.17, 15) is 0 Å². The summed E-state index contributed by atoms with van der Waals surface area (Å²) in [7, 11) is 0. The van der Waals surface area contributed by atoms with Gasteiger partial charge in [0.2, 0.25) is 0 Å². The van der Waals surface area contributed by atoms with Crippen molar-refractivity contribution in [1.29, 1.82) is 0 Å². The summed E-state index contributed by atoms with van der Waals surface area (Å²) in [6, 6.07) is 45.3. The van der Waals surface area contributed by atoms with Gasteiger partial charge in [0.1, 0.15) is 0 Å². The first kappa shape index (κ1) is 38.9. The summed E-state index contributed by atoms with van der Waals surface area (Å²) >= 11 is -4.20. The van der Waals surface area contributed by atoms with Gasteiger partial charge in [0, 0.05) is 0 Å². The van der Waals surface area contributed by atoms with Crippen LogP contribution in [0.1, 0.15) is 56.2 Å². The molecule has 4 atom stereocenters. The molecule has 2 aliphatic carbocycles. The molecule has 0 spiro atoms. The van der Waals surface area contributed by atoms with E-state index in [4.69, 9.17) is 9.47 Å². The first-order chi connectivity index (χ1) is 26.0. The molecule has 2 heterocycles. The number of hydrogen-bond donors (Lipinski definition) is 0. The molecule has 0 amide bonds. The van der Waals surface area contributed by atoms with Crippen molar-refractivity contribution in [3.8, 4) is 22.3 Å². The minimum Gasteiger partial charge on any atom is -0.147 e. The zero-order chi connectivity index (χ0) is 36.9. The van der Waals surface area contributed by atoms with Crippen molar-refractivity contribution in [2.24, 2.45) is 0 Å². The van der Waals surface area contributed by atoms with E-state index in [-0.39, 0.29) is 32.1 Å². The van der Waals surface area contributed by atoms with Crippen molar-refractivity contribution in [3.63, 3.8) is 0 Å². The van der Waals surface area contributed by atoms with Crippen LogP contribution >= 0.6 is 24.8 Å². The van der Waals surface area contributed by atoms with E-state index in [2.05, 4.69) is 176 Å². The monoisotopic (exact) mass is 868 g/mol. The quantitative estimate of drug-likeness (QED) is 0.155. The average molecular weight is 871 g/mol. The standard InChI is InChI=1S/2C24H19O.2CH3.2ClH.H2Si.Zr/c2*1-24(13-6-14-25-24)19-15-18-9-5-12-22(23(18)16-19)21-11-4-8-17-7-2-3-10-20(17)21;;;;;;/h2*2-12,14-16H,13H2,1H3;2*1H3;2*1H;1H2;. The Balaban J connectivity index is 0.00000220. The average Bonchev–Trinajstić information content (AvgIpc) is 4.00. The number of halogens is 2. The molecular formula is C50H48Cl2O2SiZr. The molecule has 4 aliphatic rings. The molecule has 0 fully saturated rings. The molecule has 0 saturated heterocycles. The third-order valence-corrected chi connectivity index (χ3v) is 30.5. The van der Waals surface area contributed by atoms with Crippen LogP contribution in [0.25, 0.3) is 56.0 Å². The third-order valence-electron chi connectivity index (χ3n) is 13.3. The van der Waals surface area contributed by atoms with Crippen LogP contribution in [0.2, 0.25) is 9.26 Å². The van der Waals surface area contributed by atoms with Crippen LogP contribution in [0.5, 0.6) is 0 Å². The predicted octanol–water partition coefficient (Wildman–Crippen LogP) is 13.5. The van der Waals surface area contributed by atoms with E-state index in [1.54, 1.807) is 0 Å². The molecule has 6 aromatic carbocycles. The van der Waals surface area contributed by atoms with Gasteiger partial charge in [-0.25, -0.2) is 0 Å². The fourth-order valence-corrected chi connectivity index (χ4v) is 29.9. The second kappa shape index (κ2) is 13.9. The maximum Gasteiger partial charge on any atom is -0.147 e. The SMILES string of the molecule is CC1(C2=Cc3c(-c4cccc5ccccc45)cccc3[CH]2[Zr]([CH3])([CH3])(=[SiH2])[CH]2C(C3(C)CC=CO3)=Cc3c(-c4cccc5ccccc45)cccc32)CC=CO1.Cl.Cl. The van der Waals surface area contributed by atoms with Gasteiger partial charge in [-0.15, -0.1) is 24.8 Å². The fraction of sp³-hybridized carbons (Fsp3) is 0.200. The van der Waals surface area contributed by atoms with Crippen molar-refractivity contribution < 1.29 is 26.9 Å². The Bertz CT molecular complexity index is 2560. The van der Waals surface area contributed by atoms with Crippen LogP contribution in [0.4, 0.5) is 0 Å². The Labute approximate surface area is 345 Å². The molecule has 0 N–H and O–H groups in total. The van der Waals surface area contributed by atoms with Gasteiger partial charge in [0.05, 0.1) is 0 Å². The first-order valence-corrected chi connectivity index (χ1v) is 33.1. The topological polar surface area (TPSA) is 18.5 Å². The summed E-state index contributed by atoms with van der Waals surface area (Å²) < 4.78 is 19.4. The summed E-state index contributed by atoms with van der Waals surface area (Å²) in [5.41, 5.74) is 12.9. The summed E-state index contributed by atoms with van der Waals surface area (Å²) in [5, 5.41) is 5.13. The Morgan fingerprint density at radius 2 is 0.893 bits per heavy atom. The number of ether oxygens (including phenoxy) is 2. The molecule has 6 heteroatoms. The van der Waals surface area contributed by atoms with Gasteiger partial charge < -0.3 is 0 Å². The predicted molar refractivity (Wildman–Crippen MR) is 241 cm³/mol. The normalized spacial score (nSPS) is 23.4. The minimum atomic E-state index is -4.20. The number of hydrogen-bond acceptors (Lipinski definition) is 2. The Hall–Kier alpha value is -3.92. The Morgan fingerprint density at radius 3 is 1.30 bits per heavy atom. The number of benzene rings is 6. The summed E-state index contributed by atoms with van der Waals surface area (Å²) in [4.78, 5) is 0. The van der Waals surface area contributed by atoms with Crippen LogP contribution < -0.4 is 0 Å². The fourth-order valence-electron chi connectivity index (χ4n) is 10.7. The Kier molecular flexibility index (Phi) is 9.65. The number of rotatable bonds is 6. The molecule has 2 aliphatic heterocycles. The molecule has 0 aromatic heterocycles. The molecule has 0 saturated carbocycles. The molecule has 2 nitrogen and oxygen atoms in total. The van der Waals surface area contributed by atoms with Gasteiger partial charge >= 0.3 is 324 Å². The largest absolute Gasteiger partial charge is 0.147 e. The zero-order valence-corrected chi connectivity index (χ0v) is 37.9. The van der Waals surface area contributed by atoms with Gasteiger partial charge in [-0.3, -0.25) is 0 Å². The van der Waals surface area contributed by atoms with E-state index in [1.807, 2.05) is 12.5 Å². The molecule has 0 radical (unpaired) electrons. The van der Waals surface area contributed by atoms with Crippen LogP contribution in [0.15, 0.2) is 157 Å². The maximum absolute atomic E-state index is 6.68. The molecular weight excluding hydrogens is 823 g/mol. The van der Waals surface area contributed by atoms with E-state index in [1.165, 1.54) is 77.2 Å². The summed E-state index contributed by atoms with van der Waals surface area (Å²) in [5.74, 6) is 0. The second-order valence-electron chi connectivity index (χ2n) is 17.5. The molecule has 6 aromatic rings. The van der Waals surface area contributed by atoms with Gasteiger partial charge in [-0.2, -0.15) is 0 Å².